The molecule has 1 amide bonds. The number of carbonyl (C=O) groups is 1. The Morgan fingerprint density at radius 1 is 1.38 bits per heavy atom. The van der Waals surface area contributed by atoms with Gasteiger partial charge in [-0.1, -0.05) is 0 Å². The highest BCUT2D eigenvalue weighted by Crippen LogP contribution is 2.27. The Morgan fingerprint density at radius 3 is 2.31 bits per heavy atom. The predicted molar refractivity (Wildman–Crippen MR) is 39.8 cm³/mol. The summed E-state index contributed by atoms with van der Waals surface area (Å²) in [5, 5.41) is 2.26. The summed E-state index contributed by atoms with van der Waals surface area (Å²) < 4.78 is 36.3. The first-order valence-electron chi connectivity index (χ1n) is 4.00. The molecule has 0 unspecified atom stereocenters. The molecular formula is C7H11F3N2O. The van der Waals surface area contributed by atoms with Crippen molar-refractivity contribution >= 4 is 5.91 Å². The second-order valence-corrected chi connectivity index (χ2v) is 3.18. The fraction of sp³-hybridized carbons (Fsp3) is 0.857. The van der Waals surface area contributed by atoms with Crippen molar-refractivity contribution in [1.82, 2.24) is 5.32 Å². The van der Waals surface area contributed by atoms with Crippen molar-refractivity contribution in [1.29, 1.82) is 0 Å². The third kappa shape index (κ3) is 2.58. The van der Waals surface area contributed by atoms with Crippen LogP contribution in [0.5, 0.6) is 0 Å². The van der Waals surface area contributed by atoms with E-state index in [0.717, 1.165) is 0 Å². The average Bonchev–Trinajstić information content (AvgIpc) is 2.03. The van der Waals surface area contributed by atoms with Crippen molar-refractivity contribution in [3.05, 3.63) is 0 Å². The molecule has 0 bridgehead atoms. The minimum atomic E-state index is -4.22. The van der Waals surface area contributed by atoms with Crippen LogP contribution in [0.2, 0.25) is 0 Å². The molecule has 13 heavy (non-hydrogen) atoms. The van der Waals surface area contributed by atoms with Gasteiger partial charge in [-0.3, -0.25) is 4.79 Å². The van der Waals surface area contributed by atoms with Crippen LogP contribution < -0.4 is 11.1 Å². The van der Waals surface area contributed by atoms with Crippen LogP contribution in [-0.2, 0) is 4.79 Å². The second kappa shape index (κ2) is 3.53. The van der Waals surface area contributed by atoms with Crippen molar-refractivity contribution < 1.29 is 18.0 Å². The van der Waals surface area contributed by atoms with Gasteiger partial charge in [0.15, 0.2) is 0 Å². The van der Waals surface area contributed by atoms with Gasteiger partial charge in [0.25, 0.3) is 0 Å². The number of rotatable bonds is 1. The molecule has 0 saturated carbocycles. The normalized spacial score (nSPS) is 30.1. The fourth-order valence-electron chi connectivity index (χ4n) is 1.38. The molecule has 3 N–H and O–H groups in total. The molecule has 3 nitrogen and oxygen atoms in total. The minimum absolute atomic E-state index is 0.0273. The molecule has 0 aromatic heterocycles. The van der Waals surface area contributed by atoms with E-state index < -0.39 is 24.0 Å². The number of piperidine rings is 1. The summed E-state index contributed by atoms with van der Waals surface area (Å²) in [4.78, 5) is 10.6. The number of alkyl halides is 3. The molecule has 6 heteroatoms. The van der Waals surface area contributed by atoms with Gasteiger partial charge in [-0.05, 0) is 12.8 Å². The van der Waals surface area contributed by atoms with E-state index in [9.17, 15) is 18.0 Å². The number of primary amides is 1. The Bertz CT molecular complexity index is 196. The second-order valence-electron chi connectivity index (χ2n) is 3.18. The van der Waals surface area contributed by atoms with Crippen molar-refractivity contribution in [3.63, 3.8) is 0 Å². The number of hydrogen-bond acceptors (Lipinski definition) is 2. The first-order chi connectivity index (χ1) is 5.91. The Morgan fingerprint density at radius 2 is 2.00 bits per heavy atom. The molecule has 1 fully saturated rings. The lowest BCUT2D eigenvalue weighted by atomic mass is 9.94. The summed E-state index contributed by atoms with van der Waals surface area (Å²) in [6, 6.07) is -1.48. The first kappa shape index (κ1) is 10.3. The zero-order chi connectivity index (χ0) is 10.1. The zero-order valence-corrected chi connectivity index (χ0v) is 6.90. The van der Waals surface area contributed by atoms with Gasteiger partial charge < -0.3 is 11.1 Å². The van der Waals surface area contributed by atoms with Gasteiger partial charge in [0.05, 0.1) is 5.92 Å². The SMILES string of the molecule is NC(=O)[C@@H]1CC[C@@H](C(F)(F)F)NC1. The number of nitrogens with one attached hydrogen (secondary N) is 1. The van der Waals surface area contributed by atoms with E-state index in [1.807, 2.05) is 0 Å². The van der Waals surface area contributed by atoms with Crippen LogP contribution in [0, 0.1) is 5.92 Å². The van der Waals surface area contributed by atoms with Gasteiger partial charge in [0.1, 0.15) is 6.04 Å². The lowest BCUT2D eigenvalue weighted by Gasteiger charge is -2.29. The third-order valence-corrected chi connectivity index (χ3v) is 2.21. The van der Waals surface area contributed by atoms with Gasteiger partial charge in [-0.15, -0.1) is 0 Å². The maximum absolute atomic E-state index is 12.1. The summed E-state index contributed by atoms with van der Waals surface area (Å²) in [6.45, 7) is 0.0273. The standard InChI is InChI=1S/C7H11F3N2O/c8-7(9,10)5-2-1-4(3-12-5)6(11)13/h4-5,12H,1-3H2,(H2,11,13)/t4-,5+/m1/s1. The van der Waals surface area contributed by atoms with Gasteiger partial charge in [0.2, 0.25) is 5.91 Å². The lowest BCUT2D eigenvalue weighted by molar-refractivity contribution is -0.163. The molecule has 0 aromatic rings. The fourth-order valence-corrected chi connectivity index (χ4v) is 1.38. The van der Waals surface area contributed by atoms with Crippen molar-refractivity contribution in [2.45, 2.75) is 25.1 Å². The van der Waals surface area contributed by atoms with Crippen LogP contribution in [0.25, 0.3) is 0 Å². The molecular weight excluding hydrogens is 185 g/mol. The smallest absolute Gasteiger partial charge is 0.369 e. The number of amides is 1. The molecule has 0 radical (unpaired) electrons. The Hall–Kier alpha value is -0.780. The van der Waals surface area contributed by atoms with E-state index in [-0.39, 0.29) is 19.4 Å². The predicted octanol–water partition coefficient (Wildman–Crippen LogP) is 0.402. The lowest BCUT2D eigenvalue weighted by Crippen LogP contribution is -2.50. The summed E-state index contributed by atoms with van der Waals surface area (Å²) >= 11 is 0. The highest BCUT2D eigenvalue weighted by Gasteiger charge is 2.42. The van der Waals surface area contributed by atoms with E-state index in [2.05, 4.69) is 5.32 Å². The highest BCUT2D eigenvalue weighted by molar-refractivity contribution is 5.76. The number of nitrogens with two attached hydrogens (primary N) is 1. The maximum Gasteiger partial charge on any atom is 0.403 e. The van der Waals surface area contributed by atoms with Gasteiger partial charge in [-0.2, -0.15) is 13.2 Å². The quantitative estimate of drug-likeness (QED) is 0.637. The molecule has 0 aromatic carbocycles. The summed E-state index contributed by atoms with van der Waals surface area (Å²) in [5.41, 5.74) is 4.96. The number of halogens is 3. The Kier molecular flexibility index (Phi) is 2.80. The molecule has 2 atom stereocenters. The Labute approximate surface area is 73.5 Å². The van der Waals surface area contributed by atoms with E-state index in [1.165, 1.54) is 0 Å². The van der Waals surface area contributed by atoms with E-state index >= 15 is 0 Å². The van der Waals surface area contributed by atoms with Crippen LogP contribution >= 0.6 is 0 Å². The molecule has 1 aliphatic rings. The zero-order valence-electron chi connectivity index (χ0n) is 6.90. The largest absolute Gasteiger partial charge is 0.403 e. The molecule has 76 valence electrons. The minimum Gasteiger partial charge on any atom is -0.369 e. The summed E-state index contributed by atoms with van der Waals surface area (Å²) in [6.07, 6.45) is -4.08. The average molecular weight is 196 g/mol. The van der Waals surface area contributed by atoms with E-state index in [1.54, 1.807) is 0 Å². The Balaban J connectivity index is 2.44. The third-order valence-electron chi connectivity index (χ3n) is 2.21. The van der Waals surface area contributed by atoms with Crippen LogP contribution in [0.4, 0.5) is 13.2 Å². The van der Waals surface area contributed by atoms with Crippen LogP contribution in [0.15, 0.2) is 0 Å². The first-order valence-corrected chi connectivity index (χ1v) is 4.00. The summed E-state index contributed by atoms with van der Waals surface area (Å²) in [7, 11) is 0. The molecule has 1 rings (SSSR count). The molecule has 0 aliphatic carbocycles. The van der Waals surface area contributed by atoms with Gasteiger partial charge in [-0.25, -0.2) is 0 Å². The van der Waals surface area contributed by atoms with Crippen LogP contribution in [0.3, 0.4) is 0 Å². The van der Waals surface area contributed by atoms with E-state index in [4.69, 9.17) is 5.73 Å². The topological polar surface area (TPSA) is 55.1 Å². The maximum atomic E-state index is 12.1. The molecule has 1 heterocycles. The monoisotopic (exact) mass is 196 g/mol. The van der Waals surface area contributed by atoms with Gasteiger partial charge >= 0.3 is 6.18 Å². The van der Waals surface area contributed by atoms with E-state index in [0.29, 0.717) is 0 Å². The molecule has 1 saturated heterocycles. The van der Waals surface area contributed by atoms with Crippen molar-refractivity contribution in [2.75, 3.05) is 6.54 Å². The van der Waals surface area contributed by atoms with Crippen molar-refractivity contribution in [3.8, 4) is 0 Å². The van der Waals surface area contributed by atoms with Crippen molar-refractivity contribution in [2.24, 2.45) is 11.7 Å². The number of carbonyl (C=O) groups excluding carboxylic acids is 1. The van der Waals surface area contributed by atoms with Crippen LogP contribution in [-0.4, -0.2) is 24.7 Å². The summed E-state index contributed by atoms with van der Waals surface area (Å²) in [5.74, 6) is -0.994. The molecule has 0 spiro atoms. The highest BCUT2D eigenvalue weighted by atomic mass is 19.4. The van der Waals surface area contributed by atoms with Crippen LogP contribution in [0.1, 0.15) is 12.8 Å². The molecule has 1 aliphatic heterocycles. The van der Waals surface area contributed by atoms with Gasteiger partial charge in [0, 0.05) is 6.54 Å². The number of hydrogen-bond donors (Lipinski definition) is 2.